The summed E-state index contributed by atoms with van der Waals surface area (Å²) in [6.45, 7) is 3.29. The van der Waals surface area contributed by atoms with Crippen molar-refractivity contribution in [3.05, 3.63) is 64.4 Å². The lowest BCUT2D eigenvalue weighted by Gasteiger charge is -2.33. The van der Waals surface area contributed by atoms with E-state index in [4.69, 9.17) is 0 Å². The third kappa shape index (κ3) is 5.05. The van der Waals surface area contributed by atoms with E-state index in [0.29, 0.717) is 6.04 Å². The largest absolute Gasteiger partial charge is 0.382 e. The third-order valence-electron chi connectivity index (χ3n) is 4.41. The summed E-state index contributed by atoms with van der Waals surface area (Å²) < 4.78 is 14.0. The van der Waals surface area contributed by atoms with Gasteiger partial charge >= 0.3 is 0 Å². The topological polar surface area (TPSA) is 15.3 Å². The molecule has 0 unspecified atom stereocenters. The Morgan fingerprint density at radius 2 is 1.83 bits per heavy atom. The van der Waals surface area contributed by atoms with E-state index >= 15 is 0 Å². The second-order valence-corrected chi connectivity index (χ2v) is 7.06. The highest BCUT2D eigenvalue weighted by Gasteiger charge is 2.18. The molecule has 0 aromatic heterocycles. The van der Waals surface area contributed by atoms with Gasteiger partial charge in [0, 0.05) is 35.8 Å². The van der Waals surface area contributed by atoms with Crippen LogP contribution in [0.2, 0.25) is 0 Å². The van der Waals surface area contributed by atoms with Crippen molar-refractivity contribution in [3.8, 4) is 0 Å². The molecule has 0 amide bonds. The van der Waals surface area contributed by atoms with Crippen molar-refractivity contribution in [3.63, 3.8) is 0 Å². The van der Waals surface area contributed by atoms with E-state index in [0.717, 1.165) is 43.4 Å². The summed E-state index contributed by atoms with van der Waals surface area (Å²) in [7, 11) is 0. The van der Waals surface area contributed by atoms with Crippen LogP contribution in [0.4, 0.5) is 10.1 Å². The summed E-state index contributed by atoms with van der Waals surface area (Å²) in [5.41, 5.74) is 2.39. The molecule has 4 heteroatoms. The number of likely N-dealkylation sites (tertiary alicyclic amines) is 1. The number of hydrogen-bond acceptors (Lipinski definition) is 2. The molecule has 0 atom stereocenters. The second kappa shape index (κ2) is 7.93. The number of piperidine rings is 1. The molecule has 122 valence electrons. The fourth-order valence-electron chi connectivity index (χ4n) is 3.05. The molecule has 2 aromatic rings. The number of benzene rings is 2. The number of anilines is 1. The zero-order chi connectivity index (χ0) is 16.1. The van der Waals surface area contributed by atoms with Crippen LogP contribution in [0.1, 0.15) is 18.4 Å². The van der Waals surface area contributed by atoms with Crippen LogP contribution in [0.5, 0.6) is 0 Å². The standard InChI is InChI=1S/C19H22BrFN2/c20-16-2-1-3-19(14-16)22-18-9-12-23(13-10-18)11-8-15-4-6-17(21)7-5-15/h1-7,14,18,22H,8-13H2. The van der Waals surface area contributed by atoms with Crippen LogP contribution in [-0.2, 0) is 6.42 Å². The van der Waals surface area contributed by atoms with Gasteiger partial charge in [0.25, 0.3) is 0 Å². The predicted octanol–water partition coefficient (Wildman–Crippen LogP) is 4.71. The summed E-state index contributed by atoms with van der Waals surface area (Å²) in [6.07, 6.45) is 3.32. The lowest BCUT2D eigenvalue weighted by Crippen LogP contribution is -2.40. The number of nitrogens with zero attached hydrogens (tertiary/aromatic N) is 1. The molecule has 0 aliphatic carbocycles. The van der Waals surface area contributed by atoms with E-state index in [9.17, 15) is 4.39 Å². The normalized spacial score (nSPS) is 16.4. The van der Waals surface area contributed by atoms with Crippen molar-refractivity contribution in [1.82, 2.24) is 4.90 Å². The van der Waals surface area contributed by atoms with Crippen LogP contribution in [0, 0.1) is 5.82 Å². The van der Waals surface area contributed by atoms with Gasteiger partial charge in [-0.3, -0.25) is 0 Å². The maximum absolute atomic E-state index is 12.9. The first-order valence-corrected chi connectivity index (χ1v) is 8.97. The Bertz CT molecular complexity index is 622. The molecule has 1 aliphatic rings. The van der Waals surface area contributed by atoms with Gasteiger partial charge in [-0.05, 0) is 55.2 Å². The summed E-state index contributed by atoms with van der Waals surface area (Å²) in [6, 6.07) is 15.8. The van der Waals surface area contributed by atoms with Gasteiger partial charge < -0.3 is 10.2 Å². The molecule has 2 aromatic carbocycles. The highest BCUT2D eigenvalue weighted by atomic mass is 79.9. The number of hydrogen-bond donors (Lipinski definition) is 1. The summed E-state index contributed by atoms with van der Waals surface area (Å²) in [5.74, 6) is -0.159. The van der Waals surface area contributed by atoms with Crippen molar-refractivity contribution in [2.45, 2.75) is 25.3 Å². The van der Waals surface area contributed by atoms with Gasteiger partial charge in [-0.25, -0.2) is 4.39 Å². The molecule has 2 nitrogen and oxygen atoms in total. The van der Waals surface area contributed by atoms with Crippen LogP contribution in [-0.4, -0.2) is 30.6 Å². The highest BCUT2D eigenvalue weighted by Crippen LogP contribution is 2.20. The molecule has 23 heavy (non-hydrogen) atoms. The molecule has 1 heterocycles. The summed E-state index contributed by atoms with van der Waals surface area (Å²) in [4.78, 5) is 2.50. The molecule has 3 rings (SSSR count). The van der Waals surface area contributed by atoms with E-state index < -0.39 is 0 Å². The lowest BCUT2D eigenvalue weighted by molar-refractivity contribution is 0.221. The van der Waals surface area contributed by atoms with Crippen molar-refractivity contribution < 1.29 is 4.39 Å². The first kappa shape index (κ1) is 16.5. The maximum atomic E-state index is 12.9. The number of rotatable bonds is 5. The fourth-order valence-corrected chi connectivity index (χ4v) is 3.45. The SMILES string of the molecule is Fc1ccc(CCN2CCC(Nc3cccc(Br)c3)CC2)cc1. The second-order valence-electron chi connectivity index (χ2n) is 6.15. The third-order valence-corrected chi connectivity index (χ3v) is 4.91. The Kier molecular flexibility index (Phi) is 5.68. The Hall–Kier alpha value is -1.39. The summed E-state index contributed by atoms with van der Waals surface area (Å²) in [5, 5.41) is 3.62. The maximum Gasteiger partial charge on any atom is 0.123 e. The van der Waals surface area contributed by atoms with Gasteiger partial charge in [0.2, 0.25) is 0 Å². The molecular formula is C19H22BrFN2. The molecule has 0 radical (unpaired) electrons. The molecule has 0 bridgehead atoms. The quantitative estimate of drug-likeness (QED) is 0.812. The van der Waals surface area contributed by atoms with E-state index in [1.807, 2.05) is 18.2 Å². The fraction of sp³-hybridized carbons (Fsp3) is 0.368. The minimum atomic E-state index is -0.159. The van der Waals surface area contributed by atoms with Crippen molar-refractivity contribution in [1.29, 1.82) is 0 Å². The van der Waals surface area contributed by atoms with Crippen LogP contribution in [0.25, 0.3) is 0 Å². The first-order chi connectivity index (χ1) is 11.2. The molecule has 1 N–H and O–H groups in total. The van der Waals surface area contributed by atoms with E-state index in [1.54, 1.807) is 12.1 Å². The minimum Gasteiger partial charge on any atom is -0.382 e. The van der Waals surface area contributed by atoms with E-state index in [2.05, 4.69) is 44.3 Å². The monoisotopic (exact) mass is 376 g/mol. The molecular weight excluding hydrogens is 355 g/mol. The lowest BCUT2D eigenvalue weighted by atomic mass is 10.0. The van der Waals surface area contributed by atoms with Crippen LogP contribution in [0.3, 0.4) is 0 Å². The van der Waals surface area contributed by atoms with Crippen molar-refractivity contribution in [2.24, 2.45) is 0 Å². The summed E-state index contributed by atoms with van der Waals surface area (Å²) >= 11 is 3.51. The predicted molar refractivity (Wildman–Crippen MR) is 97.3 cm³/mol. The number of halogens is 2. The molecule has 1 aliphatic heterocycles. The highest BCUT2D eigenvalue weighted by molar-refractivity contribution is 9.10. The first-order valence-electron chi connectivity index (χ1n) is 8.18. The van der Waals surface area contributed by atoms with E-state index in [-0.39, 0.29) is 5.82 Å². The van der Waals surface area contributed by atoms with E-state index in [1.165, 1.54) is 11.3 Å². The van der Waals surface area contributed by atoms with Gasteiger partial charge in [-0.2, -0.15) is 0 Å². The molecule has 1 fully saturated rings. The van der Waals surface area contributed by atoms with Gasteiger partial charge in [0.05, 0.1) is 0 Å². The Morgan fingerprint density at radius 1 is 1.09 bits per heavy atom. The van der Waals surface area contributed by atoms with Crippen molar-refractivity contribution in [2.75, 3.05) is 25.0 Å². The minimum absolute atomic E-state index is 0.159. The van der Waals surface area contributed by atoms with Crippen LogP contribution >= 0.6 is 15.9 Å². The van der Waals surface area contributed by atoms with Gasteiger partial charge in [0.1, 0.15) is 5.82 Å². The van der Waals surface area contributed by atoms with Gasteiger partial charge in [0.15, 0.2) is 0 Å². The Balaban J connectivity index is 1.42. The molecule has 1 saturated heterocycles. The van der Waals surface area contributed by atoms with Gasteiger partial charge in [-0.1, -0.05) is 34.1 Å². The van der Waals surface area contributed by atoms with Crippen LogP contribution in [0.15, 0.2) is 53.0 Å². The molecule has 0 saturated carbocycles. The smallest absolute Gasteiger partial charge is 0.123 e. The van der Waals surface area contributed by atoms with Crippen molar-refractivity contribution >= 4 is 21.6 Å². The average molecular weight is 377 g/mol. The number of nitrogens with one attached hydrogen (secondary N) is 1. The zero-order valence-electron chi connectivity index (χ0n) is 13.1. The zero-order valence-corrected chi connectivity index (χ0v) is 14.7. The average Bonchev–Trinajstić information content (AvgIpc) is 2.56. The Morgan fingerprint density at radius 3 is 2.52 bits per heavy atom. The molecule has 0 spiro atoms. The van der Waals surface area contributed by atoms with Crippen LogP contribution < -0.4 is 5.32 Å². The Labute approximate surface area is 145 Å². The van der Waals surface area contributed by atoms with Gasteiger partial charge in [-0.15, -0.1) is 0 Å².